The van der Waals surface area contributed by atoms with Crippen LogP contribution < -0.4 is 0 Å². The fraction of sp³-hybridized carbons (Fsp3) is 0.300. The van der Waals surface area contributed by atoms with Gasteiger partial charge in [-0.25, -0.2) is 13.2 Å². The van der Waals surface area contributed by atoms with Gasteiger partial charge in [-0.2, -0.15) is 8.78 Å². The van der Waals surface area contributed by atoms with Gasteiger partial charge >= 0.3 is 12.3 Å². The van der Waals surface area contributed by atoms with Gasteiger partial charge in [0.25, 0.3) is 0 Å². The normalized spacial score (nSPS) is 11.9. The van der Waals surface area contributed by atoms with Crippen LogP contribution in [0.25, 0.3) is 0 Å². The average molecular weight is 238 g/mol. The van der Waals surface area contributed by atoms with Crippen LogP contribution in [-0.4, -0.2) is 18.1 Å². The highest BCUT2D eigenvalue weighted by Crippen LogP contribution is 2.27. The Morgan fingerprint density at radius 1 is 1.25 bits per heavy atom. The monoisotopic (exact) mass is 238 g/mol. The third-order valence-electron chi connectivity index (χ3n) is 1.88. The number of hydrogen-bond acceptors (Lipinski definition) is 1. The van der Waals surface area contributed by atoms with Gasteiger partial charge in [0.15, 0.2) is 0 Å². The van der Waals surface area contributed by atoms with E-state index in [1.165, 1.54) is 6.92 Å². The summed E-state index contributed by atoms with van der Waals surface area (Å²) in [4.78, 5) is 11.0. The van der Waals surface area contributed by atoms with Gasteiger partial charge in [0.05, 0.1) is 0 Å². The van der Waals surface area contributed by atoms with Gasteiger partial charge in [-0.1, -0.05) is 0 Å². The van der Waals surface area contributed by atoms with Crippen molar-refractivity contribution in [2.45, 2.75) is 19.3 Å². The topological polar surface area (TPSA) is 17.1 Å². The lowest BCUT2D eigenvalue weighted by atomic mass is 10.0. The number of benzene rings is 1. The van der Waals surface area contributed by atoms with Crippen molar-refractivity contribution in [2.75, 3.05) is 0 Å². The smallest absolute Gasteiger partial charge is 0.287 e. The first kappa shape index (κ1) is 12.6. The highest BCUT2D eigenvalue weighted by molar-refractivity contribution is 6.01. The molecule has 0 aliphatic rings. The largest absolute Gasteiger partial charge is 0.368 e. The lowest BCUT2D eigenvalue weighted by Crippen LogP contribution is -2.36. The number of carbonyl (C=O) groups is 1. The maximum Gasteiger partial charge on any atom is 0.368 e. The fourth-order valence-electron chi connectivity index (χ4n) is 1.16. The van der Waals surface area contributed by atoms with E-state index in [9.17, 15) is 26.7 Å². The van der Waals surface area contributed by atoms with Crippen LogP contribution >= 0.6 is 0 Å². The van der Waals surface area contributed by atoms with Crippen molar-refractivity contribution in [3.05, 3.63) is 35.1 Å². The summed E-state index contributed by atoms with van der Waals surface area (Å²) in [7, 11) is 0. The number of aryl methyl sites for hydroxylation is 1. The van der Waals surface area contributed by atoms with Crippen LogP contribution in [0.3, 0.4) is 0 Å². The summed E-state index contributed by atoms with van der Waals surface area (Å²) >= 11 is 0. The first-order chi connectivity index (χ1) is 7.25. The van der Waals surface area contributed by atoms with Crippen LogP contribution in [0.5, 0.6) is 0 Å². The van der Waals surface area contributed by atoms with Gasteiger partial charge in [0.2, 0.25) is 5.78 Å². The van der Waals surface area contributed by atoms with E-state index in [0.717, 1.165) is 12.1 Å². The summed E-state index contributed by atoms with van der Waals surface area (Å²) in [5.74, 6) is -7.79. The Balaban J connectivity index is 3.15. The van der Waals surface area contributed by atoms with Crippen molar-refractivity contribution < 1.29 is 26.7 Å². The zero-order chi connectivity index (χ0) is 12.5. The molecule has 1 nitrogen and oxygen atoms in total. The van der Waals surface area contributed by atoms with Crippen molar-refractivity contribution in [1.29, 1.82) is 0 Å². The molecule has 0 aliphatic carbocycles. The maximum atomic E-state index is 12.8. The summed E-state index contributed by atoms with van der Waals surface area (Å²) in [6.07, 6.45) is -4.11. The molecule has 0 saturated carbocycles. The molecule has 6 heteroatoms. The van der Waals surface area contributed by atoms with Crippen LogP contribution in [-0.2, 0) is 0 Å². The van der Waals surface area contributed by atoms with Gasteiger partial charge in [0, 0.05) is 5.56 Å². The predicted molar refractivity (Wildman–Crippen MR) is 46.4 cm³/mol. The summed E-state index contributed by atoms with van der Waals surface area (Å²) in [6, 6.07) is 2.44. The number of rotatable bonds is 3. The zero-order valence-electron chi connectivity index (χ0n) is 8.11. The lowest BCUT2D eigenvalue weighted by Gasteiger charge is -2.13. The summed E-state index contributed by atoms with van der Waals surface area (Å²) in [6.45, 7) is 1.36. The fourth-order valence-corrected chi connectivity index (χ4v) is 1.16. The molecule has 0 unspecified atom stereocenters. The van der Waals surface area contributed by atoms with E-state index >= 15 is 0 Å². The Labute approximate surface area is 87.9 Å². The Morgan fingerprint density at radius 2 is 1.81 bits per heavy atom. The molecule has 0 aliphatic heterocycles. The van der Waals surface area contributed by atoms with Crippen molar-refractivity contribution in [1.82, 2.24) is 0 Å². The maximum absolute atomic E-state index is 12.8. The van der Waals surface area contributed by atoms with Crippen LogP contribution in [0, 0.1) is 12.7 Å². The SMILES string of the molecule is Cc1cc(F)cc(C(=O)C(F)(F)C(F)F)c1. The van der Waals surface area contributed by atoms with Gasteiger partial charge in [-0.3, -0.25) is 4.79 Å². The second kappa shape index (κ2) is 4.19. The van der Waals surface area contributed by atoms with Gasteiger partial charge in [-0.15, -0.1) is 0 Å². The molecule has 0 amide bonds. The number of carbonyl (C=O) groups excluding carboxylic acids is 1. The van der Waals surface area contributed by atoms with Crippen molar-refractivity contribution >= 4 is 5.78 Å². The number of ketones is 1. The van der Waals surface area contributed by atoms with E-state index in [-0.39, 0.29) is 5.56 Å². The minimum Gasteiger partial charge on any atom is -0.287 e. The van der Waals surface area contributed by atoms with Crippen LogP contribution in [0.1, 0.15) is 15.9 Å². The van der Waals surface area contributed by atoms with Crippen LogP contribution in [0.4, 0.5) is 22.0 Å². The third kappa shape index (κ3) is 2.37. The highest BCUT2D eigenvalue weighted by Gasteiger charge is 2.49. The quantitative estimate of drug-likeness (QED) is 0.583. The Bertz CT molecular complexity index is 393. The van der Waals surface area contributed by atoms with E-state index in [2.05, 4.69) is 0 Å². The second-order valence-corrected chi connectivity index (χ2v) is 3.27. The number of hydrogen-bond donors (Lipinski definition) is 0. The molecular weight excluding hydrogens is 231 g/mol. The molecule has 0 fully saturated rings. The van der Waals surface area contributed by atoms with Crippen molar-refractivity contribution in [3.8, 4) is 0 Å². The molecule has 0 spiro atoms. The summed E-state index contributed by atoms with van der Waals surface area (Å²) < 4.78 is 61.9. The molecule has 16 heavy (non-hydrogen) atoms. The van der Waals surface area contributed by atoms with E-state index in [0.29, 0.717) is 6.07 Å². The number of halogens is 5. The van der Waals surface area contributed by atoms with Gasteiger partial charge in [-0.05, 0) is 30.7 Å². The van der Waals surface area contributed by atoms with Crippen molar-refractivity contribution in [2.24, 2.45) is 0 Å². The third-order valence-corrected chi connectivity index (χ3v) is 1.88. The summed E-state index contributed by atoms with van der Waals surface area (Å²) in [5.41, 5.74) is -0.559. The van der Waals surface area contributed by atoms with E-state index in [1.807, 2.05) is 0 Å². The van der Waals surface area contributed by atoms with E-state index in [1.54, 1.807) is 0 Å². The molecular formula is C10H7F5O. The molecule has 0 aromatic heterocycles. The molecule has 0 bridgehead atoms. The standard InChI is InChI=1S/C10H7F5O/c1-5-2-6(4-7(11)3-5)8(16)10(14,15)9(12)13/h2-4,9H,1H3. The second-order valence-electron chi connectivity index (χ2n) is 3.27. The zero-order valence-corrected chi connectivity index (χ0v) is 8.11. The molecule has 0 saturated heterocycles. The molecule has 0 atom stereocenters. The van der Waals surface area contributed by atoms with E-state index in [4.69, 9.17) is 0 Å². The first-order valence-electron chi connectivity index (χ1n) is 4.23. The molecule has 1 aromatic carbocycles. The lowest BCUT2D eigenvalue weighted by molar-refractivity contribution is -0.0958. The van der Waals surface area contributed by atoms with Crippen LogP contribution in [0.2, 0.25) is 0 Å². The number of alkyl halides is 4. The highest BCUT2D eigenvalue weighted by atomic mass is 19.3. The van der Waals surface area contributed by atoms with E-state index < -0.39 is 29.5 Å². The average Bonchev–Trinajstić information content (AvgIpc) is 2.14. The molecule has 1 aromatic rings. The first-order valence-corrected chi connectivity index (χ1v) is 4.23. The Hall–Kier alpha value is -1.46. The molecule has 0 N–H and O–H groups in total. The minimum absolute atomic E-state index is 0.202. The molecule has 0 heterocycles. The minimum atomic E-state index is -4.79. The Morgan fingerprint density at radius 3 is 2.25 bits per heavy atom. The molecule has 88 valence electrons. The number of Topliss-reactive ketones (excluding diaryl/α,β-unsaturated/α-hetero) is 1. The van der Waals surface area contributed by atoms with Crippen LogP contribution in [0.15, 0.2) is 18.2 Å². The van der Waals surface area contributed by atoms with Gasteiger partial charge < -0.3 is 0 Å². The Kier molecular flexibility index (Phi) is 3.30. The van der Waals surface area contributed by atoms with Crippen molar-refractivity contribution in [3.63, 3.8) is 0 Å². The van der Waals surface area contributed by atoms with Gasteiger partial charge in [0.1, 0.15) is 5.82 Å². The summed E-state index contributed by atoms with van der Waals surface area (Å²) in [5, 5.41) is 0. The predicted octanol–water partition coefficient (Wildman–Crippen LogP) is 3.22. The molecule has 0 radical (unpaired) electrons. The molecule has 1 rings (SSSR count).